The first kappa shape index (κ1) is 23.9. The van der Waals surface area contributed by atoms with Gasteiger partial charge in [-0.25, -0.2) is 4.79 Å². The van der Waals surface area contributed by atoms with Gasteiger partial charge in [0.25, 0.3) is 11.9 Å². The van der Waals surface area contributed by atoms with E-state index in [-0.39, 0.29) is 23.8 Å². The maximum absolute atomic E-state index is 13.0. The van der Waals surface area contributed by atoms with E-state index in [2.05, 4.69) is 46.7 Å². The van der Waals surface area contributed by atoms with Gasteiger partial charge in [0, 0.05) is 11.3 Å². The molecule has 0 saturated heterocycles. The molecule has 9 nitrogen and oxygen atoms in total. The zero-order valence-corrected chi connectivity index (χ0v) is 19.8. The zero-order chi connectivity index (χ0) is 24.2. The van der Waals surface area contributed by atoms with Gasteiger partial charge in [0.2, 0.25) is 0 Å². The Hall–Kier alpha value is -3.75. The van der Waals surface area contributed by atoms with Crippen molar-refractivity contribution in [2.45, 2.75) is 59.1 Å². The zero-order valence-electron chi connectivity index (χ0n) is 19.8. The molecule has 3 aromatic rings. The second-order valence-electron chi connectivity index (χ2n) is 9.75. The summed E-state index contributed by atoms with van der Waals surface area (Å²) in [6, 6.07) is 14.9. The van der Waals surface area contributed by atoms with Crippen molar-refractivity contribution in [1.29, 1.82) is 0 Å². The molecule has 1 heterocycles. The van der Waals surface area contributed by atoms with Crippen molar-refractivity contribution in [3.8, 4) is 0 Å². The third kappa shape index (κ3) is 6.61. The van der Waals surface area contributed by atoms with Crippen LogP contribution in [0, 0.1) is 0 Å². The number of rotatable bonds is 5. The Bertz CT molecular complexity index is 1080. The van der Waals surface area contributed by atoms with E-state index in [1.165, 1.54) is 5.56 Å². The molecule has 0 spiro atoms. The fourth-order valence-electron chi connectivity index (χ4n) is 3.05. The van der Waals surface area contributed by atoms with E-state index in [1.807, 2.05) is 45.0 Å². The van der Waals surface area contributed by atoms with Crippen LogP contribution in [-0.4, -0.2) is 38.2 Å². The number of ether oxygens (including phenoxy) is 1. The molecule has 1 aromatic heterocycles. The highest BCUT2D eigenvalue weighted by Crippen LogP contribution is 2.27. The maximum Gasteiger partial charge on any atom is 0.415 e. The number of tetrazole rings is 1. The molecule has 0 aliphatic rings. The molecule has 0 unspecified atom stereocenters. The Morgan fingerprint density at radius 1 is 0.970 bits per heavy atom. The van der Waals surface area contributed by atoms with Crippen molar-refractivity contribution >= 4 is 23.6 Å². The number of amides is 2. The molecule has 0 saturated carbocycles. The van der Waals surface area contributed by atoms with Gasteiger partial charge in [-0.15, -0.1) is 5.10 Å². The van der Waals surface area contributed by atoms with Crippen molar-refractivity contribution in [3.63, 3.8) is 0 Å². The minimum atomic E-state index is -0.627. The van der Waals surface area contributed by atoms with E-state index in [0.717, 1.165) is 11.3 Å². The van der Waals surface area contributed by atoms with Gasteiger partial charge in [0.05, 0.1) is 6.54 Å². The van der Waals surface area contributed by atoms with Crippen LogP contribution < -0.4 is 10.2 Å². The van der Waals surface area contributed by atoms with Crippen molar-refractivity contribution in [1.82, 2.24) is 20.6 Å². The van der Waals surface area contributed by atoms with Crippen LogP contribution in [0.5, 0.6) is 0 Å². The number of hydrogen-bond donors (Lipinski definition) is 2. The van der Waals surface area contributed by atoms with Gasteiger partial charge in [0.1, 0.15) is 5.60 Å². The molecule has 3 rings (SSSR count). The van der Waals surface area contributed by atoms with Gasteiger partial charge < -0.3 is 4.74 Å². The minimum absolute atomic E-state index is 0.00712. The molecule has 2 aromatic carbocycles. The van der Waals surface area contributed by atoms with E-state index >= 15 is 0 Å². The molecule has 0 radical (unpaired) electrons. The smallest absolute Gasteiger partial charge is 0.415 e. The first-order valence-corrected chi connectivity index (χ1v) is 10.7. The first-order valence-electron chi connectivity index (χ1n) is 10.7. The molecule has 0 bridgehead atoms. The van der Waals surface area contributed by atoms with E-state index in [9.17, 15) is 9.59 Å². The maximum atomic E-state index is 13.0. The van der Waals surface area contributed by atoms with Crippen LogP contribution in [0.25, 0.3) is 0 Å². The molecule has 0 fully saturated rings. The third-order valence-electron chi connectivity index (χ3n) is 4.79. The summed E-state index contributed by atoms with van der Waals surface area (Å²) in [5, 5.41) is 15.6. The van der Waals surface area contributed by atoms with Gasteiger partial charge in [-0.3, -0.25) is 15.0 Å². The van der Waals surface area contributed by atoms with Crippen LogP contribution in [-0.2, 0) is 16.7 Å². The normalized spacial score (nSPS) is 11.7. The summed E-state index contributed by atoms with van der Waals surface area (Å²) >= 11 is 0. The van der Waals surface area contributed by atoms with Crippen molar-refractivity contribution in [2.24, 2.45) is 0 Å². The lowest BCUT2D eigenvalue weighted by Gasteiger charge is -2.28. The van der Waals surface area contributed by atoms with Gasteiger partial charge in [-0.1, -0.05) is 50.1 Å². The van der Waals surface area contributed by atoms with Crippen LogP contribution in [0.4, 0.5) is 16.4 Å². The molecule has 0 aliphatic carbocycles. The lowest BCUT2D eigenvalue weighted by molar-refractivity contribution is 0.0577. The second-order valence-corrected chi connectivity index (χ2v) is 9.75. The number of nitrogens with zero attached hydrogens (tertiary/aromatic N) is 4. The third-order valence-corrected chi connectivity index (χ3v) is 4.79. The fourth-order valence-corrected chi connectivity index (χ4v) is 3.05. The number of carbonyl (C=O) groups excluding carboxylic acids is 2. The monoisotopic (exact) mass is 450 g/mol. The molecular formula is C24H30N6O3. The predicted molar refractivity (Wildman–Crippen MR) is 126 cm³/mol. The molecule has 0 aliphatic heterocycles. The lowest BCUT2D eigenvalue weighted by Crippen LogP contribution is -2.36. The van der Waals surface area contributed by atoms with Crippen LogP contribution >= 0.6 is 0 Å². The molecule has 9 heteroatoms. The Morgan fingerprint density at radius 2 is 1.61 bits per heavy atom. The molecule has 0 atom stereocenters. The highest BCUT2D eigenvalue weighted by atomic mass is 16.6. The van der Waals surface area contributed by atoms with Crippen LogP contribution in [0.2, 0.25) is 0 Å². The number of carbonyl (C=O) groups is 2. The summed E-state index contributed by atoms with van der Waals surface area (Å²) in [7, 11) is 0. The van der Waals surface area contributed by atoms with Crippen molar-refractivity contribution in [3.05, 3.63) is 65.2 Å². The van der Waals surface area contributed by atoms with Crippen molar-refractivity contribution in [2.75, 3.05) is 10.2 Å². The van der Waals surface area contributed by atoms with Gasteiger partial charge in [0.15, 0.2) is 0 Å². The van der Waals surface area contributed by atoms with Gasteiger partial charge in [-0.05, 0) is 66.8 Å². The van der Waals surface area contributed by atoms with Gasteiger partial charge >= 0.3 is 6.09 Å². The second kappa shape index (κ2) is 9.40. The number of benzene rings is 2. The SMILES string of the molecule is CC(C)(C)OC(=O)N(Cc1ccc(C(=O)Nc2nn[nH]n2)cc1)c1ccc(C(C)(C)C)cc1. The van der Waals surface area contributed by atoms with Gasteiger partial charge in [-0.2, -0.15) is 5.21 Å². The average Bonchev–Trinajstić information content (AvgIpc) is 3.23. The highest BCUT2D eigenvalue weighted by Gasteiger charge is 2.24. The van der Waals surface area contributed by atoms with Crippen LogP contribution in [0.3, 0.4) is 0 Å². The number of nitrogens with one attached hydrogen (secondary N) is 2. The molecule has 2 N–H and O–H groups in total. The largest absolute Gasteiger partial charge is 0.443 e. The summed E-state index contributed by atoms with van der Waals surface area (Å²) in [4.78, 5) is 26.9. The summed E-state index contributed by atoms with van der Waals surface area (Å²) in [6.45, 7) is 12.2. The standard InChI is InChI=1S/C24H30N6O3/c1-23(2,3)18-11-13-19(14-12-18)30(22(32)33-24(4,5)6)15-16-7-9-17(10-8-16)20(31)25-21-26-28-29-27-21/h7-14H,15H2,1-6H3,(H2,25,26,27,28,29,31). The predicted octanol–water partition coefficient (Wildman–Crippen LogP) is 4.69. The first-order chi connectivity index (χ1) is 15.4. The van der Waals surface area contributed by atoms with E-state index in [0.29, 0.717) is 5.56 Å². The number of H-pyrrole nitrogens is 1. The Labute approximate surface area is 193 Å². The summed E-state index contributed by atoms with van der Waals surface area (Å²) in [6.07, 6.45) is -0.440. The average molecular weight is 451 g/mol. The minimum Gasteiger partial charge on any atom is -0.443 e. The lowest BCUT2D eigenvalue weighted by atomic mass is 9.87. The fraction of sp³-hybridized carbons (Fsp3) is 0.375. The topological polar surface area (TPSA) is 113 Å². The number of anilines is 2. The van der Waals surface area contributed by atoms with Crippen LogP contribution in [0.15, 0.2) is 48.5 Å². The van der Waals surface area contributed by atoms with E-state index in [1.54, 1.807) is 29.2 Å². The Morgan fingerprint density at radius 3 is 2.12 bits per heavy atom. The summed E-state index contributed by atoms with van der Waals surface area (Å²) in [5.41, 5.74) is 2.56. The molecular weight excluding hydrogens is 420 g/mol. The highest BCUT2D eigenvalue weighted by molar-refractivity contribution is 6.03. The van der Waals surface area contributed by atoms with E-state index < -0.39 is 11.7 Å². The van der Waals surface area contributed by atoms with E-state index in [4.69, 9.17) is 4.74 Å². The summed E-state index contributed by atoms with van der Waals surface area (Å²) in [5.74, 6) is -0.261. The molecule has 174 valence electrons. The van der Waals surface area contributed by atoms with Crippen molar-refractivity contribution < 1.29 is 14.3 Å². The number of aromatic amines is 1. The quantitative estimate of drug-likeness (QED) is 0.583. The number of hydrogen-bond acceptors (Lipinski definition) is 6. The Balaban J connectivity index is 1.80. The molecule has 33 heavy (non-hydrogen) atoms. The van der Waals surface area contributed by atoms with Crippen LogP contribution in [0.1, 0.15) is 63.0 Å². The molecule has 2 amide bonds. The Kier molecular flexibility index (Phi) is 6.81. The number of aromatic nitrogens is 4. The summed E-state index contributed by atoms with van der Waals surface area (Å²) < 4.78 is 5.64.